The van der Waals surface area contributed by atoms with Crippen molar-refractivity contribution in [2.24, 2.45) is 0 Å². The molecule has 1 aliphatic rings. The Bertz CT molecular complexity index is 422. The van der Waals surface area contributed by atoms with Crippen molar-refractivity contribution in [2.45, 2.75) is 31.1 Å². The zero-order valence-corrected chi connectivity index (χ0v) is 12.1. The van der Waals surface area contributed by atoms with Gasteiger partial charge in [0.05, 0.1) is 7.11 Å². The number of carbonyl (C=O) groups excluding carboxylic acids is 1. The summed E-state index contributed by atoms with van der Waals surface area (Å²) in [6, 6.07) is 8.24. The van der Waals surface area contributed by atoms with Crippen molar-refractivity contribution in [2.75, 3.05) is 23.5 Å². The SMILES string of the molecule is COC(=O)Nc1ccc(NC2CCCSC2C)cc1. The van der Waals surface area contributed by atoms with Gasteiger partial charge in [0.1, 0.15) is 0 Å². The number of carbonyl (C=O) groups is 1. The molecule has 0 radical (unpaired) electrons. The molecular formula is C14H20N2O2S. The van der Waals surface area contributed by atoms with E-state index in [1.165, 1.54) is 25.7 Å². The number of thioether (sulfide) groups is 1. The summed E-state index contributed by atoms with van der Waals surface area (Å²) in [5, 5.41) is 6.84. The average molecular weight is 280 g/mol. The first-order valence-electron chi connectivity index (χ1n) is 6.52. The van der Waals surface area contributed by atoms with Gasteiger partial charge in [-0.25, -0.2) is 4.79 Å². The lowest BCUT2D eigenvalue weighted by molar-refractivity contribution is 0.187. The highest BCUT2D eigenvalue weighted by atomic mass is 32.2. The number of hydrogen-bond acceptors (Lipinski definition) is 4. The van der Waals surface area contributed by atoms with Crippen LogP contribution >= 0.6 is 11.8 Å². The fraction of sp³-hybridized carbons (Fsp3) is 0.500. The normalized spacial score (nSPS) is 22.6. The molecule has 0 aliphatic carbocycles. The first kappa shape index (κ1) is 14.1. The van der Waals surface area contributed by atoms with Crippen LogP contribution in [0.4, 0.5) is 16.2 Å². The summed E-state index contributed by atoms with van der Waals surface area (Å²) in [4.78, 5) is 11.1. The zero-order chi connectivity index (χ0) is 13.7. The molecule has 1 heterocycles. The van der Waals surface area contributed by atoms with Crippen LogP contribution in [0, 0.1) is 0 Å². The van der Waals surface area contributed by atoms with Crippen LogP contribution in [0.15, 0.2) is 24.3 Å². The highest BCUT2D eigenvalue weighted by Crippen LogP contribution is 2.28. The maximum absolute atomic E-state index is 11.1. The number of benzene rings is 1. The van der Waals surface area contributed by atoms with Crippen LogP contribution in [0.5, 0.6) is 0 Å². The molecule has 2 atom stereocenters. The fourth-order valence-electron chi connectivity index (χ4n) is 2.15. The molecule has 1 aliphatic heterocycles. The number of hydrogen-bond donors (Lipinski definition) is 2. The molecular weight excluding hydrogens is 260 g/mol. The second kappa shape index (κ2) is 6.70. The molecule has 0 bridgehead atoms. The van der Waals surface area contributed by atoms with Crippen LogP contribution in [0.1, 0.15) is 19.8 Å². The summed E-state index contributed by atoms with van der Waals surface area (Å²) in [5.74, 6) is 1.27. The Morgan fingerprint density at radius 2 is 2.00 bits per heavy atom. The fourth-order valence-corrected chi connectivity index (χ4v) is 3.29. The second-order valence-electron chi connectivity index (χ2n) is 4.66. The summed E-state index contributed by atoms with van der Waals surface area (Å²) in [5.41, 5.74) is 1.83. The number of methoxy groups -OCH3 is 1. The molecule has 1 aromatic rings. The lowest BCUT2D eigenvalue weighted by atomic mass is 10.1. The molecule has 0 aromatic heterocycles. The molecule has 2 rings (SSSR count). The smallest absolute Gasteiger partial charge is 0.411 e. The third-order valence-electron chi connectivity index (χ3n) is 3.28. The Labute approximate surface area is 118 Å². The van der Waals surface area contributed by atoms with Crippen molar-refractivity contribution in [3.8, 4) is 0 Å². The van der Waals surface area contributed by atoms with Gasteiger partial charge in [0.2, 0.25) is 0 Å². The van der Waals surface area contributed by atoms with Crippen molar-refractivity contribution in [3.63, 3.8) is 0 Å². The zero-order valence-electron chi connectivity index (χ0n) is 11.3. The Balaban J connectivity index is 1.92. The van der Waals surface area contributed by atoms with Gasteiger partial charge in [-0.05, 0) is 42.9 Å². The standard InChI is InChI=1S/C14H20N2O2S/c1-10-13(4-3-9-19-10)15-11-5-7-12(8-6-11)16-14(17)18-2/h5-8,10,13,15H,3-4,9H2,1-2H3,(H,16,17). The molecule has 2 unspecified atom stereocenters. The minimum atomic E-state index is -0.446. The van der Waals surface area contributed by atoms with Crippen LogP contribution in [-0.4, -0.2) is 30.2 Å². The minimum absolute atomic E-state index is 0.446. The Kier molecular flexibility index (Phi) is 4.96. The van der Waals surface area contributed by atoms with Crippen molar-refractivity contribution < 1.29 is 9.53 Å². The first-order valence-corrected chi connectivity index (χ1v) is 7.57. The van der Waals surface area contributed by atoms with Crippen molar-refractivity contribution in [3.05, 3.63) is 24.3 Å². The number of nitrogens with one attached hydrogen (secondary N) is 2. The molecule has 19 heavy (non-hydrogen) atoms. The summed E-state index contributed by atoms with van der Waals surface area (Å²) in [6.45, 7) is 2.27. The van der Waals surface area contributed by atoms with E-state index >= 15 is 0 Å². The summed E-state index contributed by atoms with van der Waals surface area (Å²) >= 11 is 2.02. The predicted octanol–water partition coefficient (Wildman–Crippen LogP) is 3.56. The lowest BCUT2D eigenvalue weighted by Crippen LogP contribution is -2.32. The highest BCUT2D eigenvalue weighted by Gasteiger charge is 2.21. The number of rotatable bonds is 3. The molecule has 0 spiro atoms. The molecule has 2 N–H and O–H groups in total. The van der Waals surface area contributed by atoms with Gasteiger partial charge in [-0.3, -0.25) is 5.32 Å². The third kappa shape index (κ3) is 4.06. The average Bonchev–Trinajstić information content (AvgIpc) is 2.43. The van der Waals surface area contributed by atoms with Gasteiger partial charge in [0.25, 0.3) is 0 Å². The highest BCUT2D eigenvalue weighted by molar-refractivity contribution is 8.00. The van der Waals surface area contributed by atoms with E-state index in [0.717, 1.165) is 11.4 Å². The van der Waals surface area contributed by atoms with Crippen molar-refractivity contribution >= 4 is 29.2 Å². The van der Waals surface area contributed by atoms with Gasteiger partial charge < -0.3 is 10.1 Å². The molecule has 0 saturated carbocycles. The van der Waals surface area contributed by atoms with Gasteiger partial charge in [-0.15, -0.1) is 0 Å². The van der Waals surface area contributed by atoms with Crippen LogP contribution in [-0.2, 0) is 4.74 Å². The van der Waals surface area contributed by atoms with E-state index in [4.69, 9.17) is 0 Å². The van der Waals surface area contributed by atoms with Gasteiger partial charge in [-0.2, -0.15) is 11.8 Å². The molecule has 5 heteroatoms. The molecule has 1 fully saturated rings. The molecule has 104 valence electrons. The van der Waals surface area contributed by atoms with Crippen LogP contribution in [0.2, 0.25) is 0 Å². The van der Waals surface area contributed by atoms with Crippen molar-refractivity contribution in [1.29, 1.82) is 0 Å². The van der Waals surface area contributed by atoms with Crippen LogP contribution in [0.25, 0.3) is 0 Å². The summed E-state index contributed by atoms with van der Waals surface area (Å²) < 4.78 is 4.55. The molecule has 4 nitrogen and oxygen atoms in total. The van der Waals surface area contributed by atoms with E-state index in [0.29, 0.717) is 11.3 Å². The minimum Gasteiger partial charge on any atom is -0.453 e. The van der Waals surface area contributed by atoms with Gasteiger partial charge in [0.15, 0.2) is 0 Å². The topological polar surface area (TPSA) is 50.4 Å². The first-order chi connectivity index (χ1) is 9.19. The quantitative estimate of drug-likeness (QED) is 0.889. The Morgan fingerprint density at radius 3 is 2.63 bits per heavy atom. The third-order valence-corrected chi connectivity index (χ3v) is 4.65. The Morgan fingerprint density at radius 1 is 1.32 bits per heavy atom. The summed E-state index contributed by atoms with van der Waals surface area (Å²) in [7, 11) is 1.35. The largest absolute Gasteiger partial charge is 0.453 e. The van der Waals surface area contributed by atoms with Crippen LogP contribution < -0.4 is 10.6 Å². The van der Waals surface area contributed by atoms with E-state index in [9.17, 15) is 4.79 Å². The molecule has 1 amide bonds. The van der Waals surface area contributed by atoms with E-state index in [1.54, 1.807) is 0 Å². The maximum Gasteiger partial charge on any atom is 0.411 e. The van der Waals surface area contributed by atoms with Gasteiger partial charge in [-0.1, -0.05) is 6.92 Å². The van der Waals surface area contributed by atoms with Gasteiger partial charge >= 0.3 is 6.09 Å². The van der Waals surface area contributed by atoms with E-state index in [-0.39, 0.29) is 0 Å². The predicted molar refractivity (Wildman–Crippen MR) is 81.0 cm³/mol. The summed E-state index contributed by atoms with van der Waals surface area (Å²) in [6.07, 6.45) is 2.04. The second-order valence-corrected chi connectivity index (χ2v) is 6.15. The van der Waals surface area contributed by atoms with Crippen molar-refractivity contribution in [1.82, 2.24) is 0 Å². The molecule has 1 aromatic carbocycles. The maximum atomic E-state index is 11.1. The van der Waals surface area contributed by atoms with E-state index in [2.05, 4.69) is 22.3 Å². The monoisotopic (exact) mass is 280 g/mol. The molecule has 1 saturated heterocycles. The number of anilines is 2. The van der Waals surface area contributed by atoms with Gasteiger partial charge in [0, 0.05) is 22.7 Å². The van der Waals surface area contributed by atoms with E-state index < -0.39 is 6.09 Å². The van der Waals surface area contributed by atoms with Crippen LogP contribution in [0.3, 0.4) is 0 Å². The number of amides is 1. The lowest BCUT2D eigenvalue weighted by Gasteiger charge is -2.30. The van der Waals surface area contributed by atoms with E-state index in [1.807, 2.05) is 36.0 Å². The number of ether oxygens (including phenoxy) is 1. The Hall–Kier alpha value is -1.36.